The number of carbonyl (C=O) groups is 1. The van der Waals surface area contributed by atoms with Gasteiger partial charge in [-0.15, -0.1) is 0 Å². The minimum absolute atomic E-state index is 0.125. The topological polar surface area (TPSA) is 57.2 Å². The Morgan fingerprint density at radius 1 is 1.21 bits per heavy atom. The van der Waals surface area contributed by atoms with E-state index < -0.39 is 5.60 Å². The van der Waals surface area contributed by atoms with Crippen LogP contribution in [0.3, 0.4) is 0 Å². The molecule has 0 spiro atoms. The van der Waals surface area contributed by atoms with Crippen molar-refractivity contribution in [3.63, 3.8) is 0 Å². The number of amides is 1. The van der Waals surface area contributed by atoms with Crippen LogP contribution in [0.15, 0.2) is 24.3 Å². The van der Waals surface area contributed by atoms with Gasteiger partial charge in [0.2, 0.25) is 0 Å². The Kier molecular flexibility index (Phi) is 7.23. The fourth-order valence-corrected chi connectivity index (χ4v) is 2.88. The van der Waals surface area contributed by atoms with Gasteiger partial charge < -0.3 is 23.8 Å². The fraction of sp³-hybridized carbons (Fsp3) is 0.696. The standard InChI is InChI=1S/C23H37NO5/c1-21(2,3)29-20(25)24(8)13-10-14-26-18-12-9-11-17(15-18)19-16-27-22(4,5)23(6,7)28-19/h9,11-12,15,19H,10,13-14,16H2,1-8H3. The largest absolute Gasteiger partial charge is 0.494 e. The lowest BCUT2D eigenvalue weighted by Gasteiger charge is -2.48. The van der Waals surface area contributed by atoms with Crippen LogP contribution in [0, 0.1) is 0 Å². The number of nitrogens with zero attached hydrogens (tertiary/aromatic N) is 1. The zero-order valence-corrected chi connectivity index (χ0v) is 19.2. The number of ether oxygens (including phenoxy) is 4. The highest BCUT2D eigenvalue weighted by molar-refractivity contribution is 5.67. The quantitative estimate of drug-likeness (QED) is 0.623. The van der Waals surface area contributed by atoms with Crippen molar-refractivity contribution in [3.8, 4) is 5.75 Å². The summed E-state index contributed by atoms with van der Waals surface area (Å²) in [5.74, 6) is 0.786. The van der Waals surface area contributed by atoms with E-state index in [4.69, 9.17) is 18.9 Å². The molecule has 0 bridgehead atoms. The average Bonchev–Trinajstić information content (AvgIpc) is 2.59. The summed E-state index contributed by atoms with van der Waals surface area (Å²) in [7, 11) is 1.73. The summed E-state index contributed by atoms with van der Waals surface area (Å²) in [5, 5.41) is 0. The van der Waals surface area contributed by atoms with Crippen molar-refractivity contribution in [2.24, 2.45) is 0 Å². The number of carbonyl (C=O) groups excluding carboxylic acids is 1. The zero-order chi connectivity index (χ0) is 21.9. The lowest BCUT2D eigenvalue weighted by molar-refractivity contribution is -0.265. The highest BCUT2D eigenvalue weighted by Crippen LogP contribution is 2.40. The van der Waals surface area contributed by atoms with Gasteiger partial charge in [0.25, 0.3) is 0 Å². The molecule has 6 nitrogen and oxygen atoms in total. The van der Waals surface area contributed by atoms with Gasteiger partial charge in [-0.1, -0.05) is 12.1 Å². The minimum Gasteiger partial charge on any atom is -0.494 e. The molecular formula is C23H37NO5. The highest BCUT2D eigenvalue weighted by Gasteiger charge is 2.45. The molecule has 1 fully saturated rings. The van der Waals surface area contributed by atoms with E-state index in [1.54, 1.807) is 11.9 Å². The number of rotatable bonds is 6. The lowest BCUT2D eigenvalue weighted by Crippen LogP contribution is -2.54. The first-order valence-electron chi connectivity index (χ1n) is 10.3. The van der Waals surface area contributed by atoms with Gasteiger partial charge in [-0.05, 0) is 72.6 Å². The van der Waals surface area contributed by atoms with E-state index in [0.29, 0.717) is 26.2 Å². The predicted octanol–water partition coefficient (Wildman–Crippen LogP) is 4.97. The molecule has 1 aliphatic heterocycles. The summed E-state index contributed by atoms with van der Waals surface area (Å²) in [6, 6.07) is 7.93. The smallest absolute Gasteiger partial charge is 0.410 e. The zero-order valence-electron chi connectivity index (χ0n) is 19.2. The molecule has 29 heavy (non-hydrogen) atoms. The maximum atomic E-state index is 12.0. The fourth-order valence-electron chi connectivity index (χ4n) is 2.88. The van der Waals surface area contributed by atoms with Crippen LogP contribution < -0.4 is 4.74 Å². The Hall–Kier alpha value is -1.79. The van der Waals surface area contributed by atoms with Crippen molar-refractivity contribution in [1.29, 1.82) is 0 Å². The molecule has 0 aliphatic carbocycles. The van der Waals surface area contributed by atoms with Crippen LogP contribution in [0.25, 0.3) is 0 Å². The lowest BCUT2D eigenvalue weighted by atomic mass is 9.87. The average molecular weight is 408 g/mol. The second kappa shape index (κ2) is 8.92. The van der Waals surface area contributed by atoms with Crippen LogP contribution in [-0.4, -0.2) is 54.6 Å². The molecule has 1 atom stereocenters. The summed E-state index contributed by atoms with van der Waals surface area (Å²) >= 11 is 0. The van der Waals surface area contributed by atoms with Gasteiger partial charge in [0.1, 0.15) is 17.5 Å². The Morgan fingerprint density at radius 2 is 1.90 bits per heavy atom. The molecule has 0 aromatic heterocycles. The summed E-state index contributed by atoms with van der Waals surface area (Å²) in [6.45, 7) is 15.4. The van der Waals surface area contributed by atoms with Gasteiger partial charge >= 0.3 is 6.09 Å². The van der Waals surface area contributed by atoms with Crippen molar-refractivity contribution in [2.75, 3.05) is 26.8 Å². The highest BCUT2D eigenvalue weighted by atomic mass is 16.6. The molecular weight excluding hydrogens is 370 g/mol. The van der Waals surface area contributed by atoms with Gasteiger partial charge in [0.15, 0.2) is 0 Å². The molecule has 1 heterocycles. The molecule has 1 aliphatic rings. The van der Waals surface area contributed by atoms with Crippen LogP contribution >= 0.6 is 0 Å². The van der Waals surface area contributed by atoms with Gasteiger partial charge in [-0.25, -0.2) is 4.79 Å². The van der Waals surface area contributed by atoms with Crippen molar-refractivity contribution < 1.29 is 23.7 Å². The van der Waals surface area contributed by atoms with E-state index in [1.807, 2.05) is 45.0 Å². The van der Waals surface area contributed by atoms with Crippen molar-refractivity contribution in [2.45, 2.75) is 77.8 Å². The molecule has 0 N–H and O–H groups in total. The van der Waals surface area contributed by atoms with Crippen molar-refractivity contribution in [1.82, 2.24) is 4.90 Å². The molecule has 0 saturated carbocycles. The normalized spacial score (nSPS) is 20.8. The van der Waals surface area contributed by atoms with E-state index in [9.17, 15) is 4.79 Å². The third kappa shape index (κ3) is 6.61. The number of hydrogen-bond donors (Lipinski definition) is 0. The summed E-state index contributed by atoms with van der Waals surface area (Å²) in [4.78, 5) is 13.5. The monoisotopic (exact) mass is 407 g/mol. The Morgan fingerprint density at radius 3 is 2.52 bits per heavy atom. The number of benzene rings is 1. The number of hydrogen-bond acceptors (Lipinski definition) is 5. The predicted molar refractivity (Wildman–Crippen MR) is 113 cm³/mol. The Labute approximate surface area is 175 Å². The second-order valence-corrected chi connectivity index (χ2v) is 9.61. The van der Waals surface area contributed by atoms with Crippen LogP contribution in [0.4, 0.5) is 4.79 Å². The first kappa shape index (κ1) is 23.5. The van der Waals surface area contributed by atoms with Crippen molar-refractivity contribution in [3.05, 3.63) is 29.8 Å². The van der Waals surface area contributed by atoms with Gasteiger partial charge in [0, 0.05) is 13.6 Å². The third-order valence-corrected chi connectivity index (χ3v) is 5.32. The Bertz CT molecular complexity index is 693. The maximum absolute atomic E-state index is 12.0. The van der Waals surface area contributed by atoms with E-state index in [0.717, 1.165) is 11.3 Å². The summed E-state index contributed by atoms with van der Waals surface area (Å²) < 4.78 is 23.6. The maximum Gasteiger partial charge on any atom is 0.410 e. The van der Waals surface area contributed by atoms with Gasteiger partial charge in [-0.2, -0.15) is 0 Å². The minimum atomic E-state index is -0.489. The second-order valence-electron chi connectivity index (χ2n) is 9.61. The summed E-state index contributed by atoms with van der Waals surface area (Å²) in [5.41, 5.74) is -0.176. The van der Waals surface area contributed by atoms with Crippen LogP contribution in [-0.2, 0) is 14.2 Å². The molecule has 1 saturated heterocycles. The molecule has 2 rings (SSSR count). The van der Waals surface area contributed by atoms with Crippen LogP contribution in [0.2, 0.25) is 0 Å². The van der Waals surface area contributed by atoms with Crippen LogP contribution in [0.1, 0.15) is 66.6 Å². The molecule has 1 unspecified atom stereocenters. The van der Waals surface area contributed by atoms with Gasteiger partial charge in [-0.3, -0.25) is 0 Å². The van der Waals surface area contributed by atoms with E-state index in [-0.39, 0.29) is 23.4 Å². The van der Waals surface area contributed by atoms with E-state index >= 15 is 0 Å². The van der Waals surface area contributed by atoms with E-state index in [2.05, 4.69) is 27.7 Å². The first-order valence-corrected chi connectivity index (χ1v) is 10.3. The SMILES string of the molecule is CN(CCCOc1cccc(C2COC(C)(C)C(C)(C)O2)c1)C(=O)OC(C)(C)C. The van der Waals surface area contributed by atoms with Crippen LogP contribution in [0.5, 0.6) is 5.75 Å². The molecule has 1 amide bonds. The molecule has 6 heteroatoms. The molecule has 164 valence electrons. The molecule has 1 aromatic rings. The van der Waals surface area contributed by atoms with E-state index in [1.165, 1.54) is 0 Å². The third-order valence-electron chi connectivity index (χ3n) is 5.32. The molecule has 0 radical (unpaired) electrons. The van der Waals surface area contributed by atoms with Crippen molar-refractivity contribution >= 4 is 6.09 Å². The Balaban J connectivity index is 1.84. The van der Waals surface area contributed by atoms with Gasteiger partial charge in [0.05, 0.1) is 24.4 Å². The first-order chi connectivity index (χ1) is 13.3. The molecule has 1 aromatic carbocycles. The summed E-state index contributed by atoms with van der Waals surface area (Å²) in [6.07, 6.45) is 0.267.